The molecule has 1 aromatic heterocycles. The zero-order valence-corrected chi connectivity index (χ0v) is 25.4. The lowest BCUT2D eigenvalue weighted by molar-refractivity contribution is -0.108. The Bertz CT molecular complexity index is 1070. The summed E-state index contributed by atoms with van der Waals surface area (Å²) in [6.07, 6.45) is 20.0. The van der Waals surface area contributed by atoms with Crippen LogP contribution in [0, 0.1) is 0 Å². The van der Waals surface area contributed by atoms with E-state index in [0.717, 1.165) is 43.2 Å². The van der Waals surface area contributed by atoms with Crippen LogP contribution in [-0.2, 0) is 22.7 Å². The average Bonchev–Trinajstić information content (AvgIpc) is 3.44. The first-order valence-corrected chi connectivity index (χ1v) is 14.8. The standard InChI is InChI=1S/C19H26N2O5.C7H15N.C7H8O/c1-3-13-25-16(4-2)10-8-6-5-7-9-14-26-18-15-17(19(23)24)20-21(18)11-12-22;1-8-7-5-3-2-4-6-7;8-6-7-4-2-1-3-5-7/h5-7,9-10,12,15H,3-4,8,11,13-14H2,1-2H3,(H,23,24);7-8H,2-6H2,1H3;1-5,8H,6H2/b6-5?,9-7+,16-10+;;. The quantitative estimate of drug-likeness (QED) is 0.131. The Kier molecular flexibility index (Phi) is 20.7. The van der Waals surface area contributed by atoms with E-state index >= 15 is 0 Å². The van der Waals surface area contributed by atoms with Crippen molar-refractivity contribution in [3.8, 4) is 5.88 Å². The van der Waals surface area contributed by atoms with Crippen molar-refractivity contribution in [2.24, 2.45) is 0 Å². The summed E-state index contributed by atoms with van der Waals surface area (Å²) >= 11 is 0. The average molecular weight is 584 g/mol. The number of aromatic carboxylic acids is 1. The van der Waals surface area contributed by atoms with Gasteiger partial charge in [-0.15, -0.1) is 0 Å². The highest BCUT2D eigenvalue weighted by Gasteiger charge is 2.13. The number of nitrogens with one attached hydrogen (secondary N) is 1. The molecule has 0 spiro atoms. The maximum absolute atomic E-state index is 10.9. The van der Waals surface area contributed by atoms with Gasteiger partial charge in [-0.1, -0.05) is 81.7 Å². The maximum Gasteiger partial charge on any atom is 0.356 e. The Morgan fingerprint density at radius 3 is 2.38 bits per heavy atom. The number of aliphatic hydroxyl groups is 1. The molecule has 0 atom stereocenters. The summed E-state index contributed by atoms with van der Waals surface area (Å²) in [6, 6.07) is 11.7. The molecule has 2 aromatic rings. The highest BCUT2D eigenvalue weighted by Crippen LogP contribution is 2.16. The summed E-state index contributed by atoms with van der Waals surface area (Å²) in [5.41, 5.74) is 0.807. The lowest BCUT2D eigenvalue weighted by Crippen LogP contribution is -2.26. The molecule has 1 saturated carbocycles. The molecule has 0 bridgehead atoms. The van der Waals surface area contributed by atoms with Gasteiger partial charge in [0.1, 0.15) is 19.4 Å². The van der Waals surface area contributed by atoms with Crippen LogP contribution in [0.2, 0.25) is 0 Å². The summed E-state index contributed by atoms with van der Waals surface area (Å²) in [5.74, 6) is 0.0774. The monoisotopic (exact) mass is 583 g/mol. The molecule has 3 N–H and O–H groups in total. The van der Waals surface area contributed by atoms with E-state index in [1.807, 2.05) is 48.6 Å². The smallest absolute Gasteiger partial charge is 0.356 e. The Labute approximate surface area is 250 Å². The molecular formula is C33H49N3O6. The second-order valence-electron chi connectivity index (χ2n) is 9.56. The molecular weight excluding hydrogens is 534 g/mol. The molecule has 0 unspecified atom stereocenters. The van der Waals surface area contributed by atoms with E-state index in [1.54, 1.807) is 6.08 Å². The fourth-order valence-corrected chi connectivity index (χ4v) is 3.96. The van der Waals surface area contributed by atoms with Gasteiger partial charge in [-0.3, -0.25) is 0 Å². The third kappa shape index (κ3) is 16.5. The number of nitrogens with zero attached hydrogens (tertiary/aromatic N) is 2. The van der Waals surface area contributed by atoms with Crippen LogP contribution in [0.15, 0.2) is 72.5 Å². The van der Waals surface area contributed by atoms with Crippen LogP contribution in [0.1, 0.15) is 81.3 Å². The number of aromatic nitrogens is 2. The molecule has 0 amide bonds. The minimum absolute atomic E-state index is 0.0571. The molecule has 1 fully saturated rings. The molecule has 1 aliphatic rings. The van der Waals surface area contributed by atoms with Crippen LogP contribution in [-0.4, -0.2) is 58.6 Å². The minimum atomic E-state index is -1.17. The number of hydrogen-bond acceptors (Lipinski definition) is 7. The first-order chi connectivity index (χ1) is 20.5. The van der Waals surface area contributed by atoms with E-state index in [4.69, 9.17) is 19.7 Å². The second-order valence-corrected chi connectivity index (χ2v) is 9.56. The molecule has 0 radical (unpaired) electrons. The first kappa shape index (κ1) is 36.3. The van der Waals surface area contributed by atoms with E-state index in [1.165, 1.54) is 42.9 Å². The van der Waals surface area contributed by atoms with Gasteiger partial charge in [0.05, 0.1) is 19.0 Å². The van der Waals surface area contributed by atoms with Crippen molar-refractivity contribution < 1.29 is 29.3 Å². The molecule has 9 heteroatoms. The number of carbonyl (C=O) groups is 2. The van der Waals surface area contributed by atoms with Crippen molar-refractivity contribution >= 4 is 12.3 Å². The van der Waals surface area contributed by atoms with Gasteiger partial charge in [-0.25, -0.2) is 9.48 Å². The number of carboxylic acids is 1. The van der Waals surface area contributed by atoms with Crippen molar-refractivity contribution in [3.05, 3.63) is 83.8 Å². The van der Waals surface area contributed by atoms with Gasteiger partial charge in [0, 0.05) is 18.5 Å². The number of allylic oxidation sites excluding steroid dienone is 5. The summed E-state index contributed by atoms with van der Waals surface area (Å²) in [4.78, 5) is 21.5. The van der Waals surface area contributed by atoms with Gasteiger partial charge in [0.25, 0.3) is 0 Å². The van der Waals surface area contributed by atoms with Crippen molar-refractivity contribution in [3.63, 3.8) is 0 Å². The van der Waals surface area contributed by atoms with Crippen molar-refractivity contribution in [2.75, 3.05) is 20.3 Å². The van der Waals surface area contributed by atoms with E-state index in [-0.39, 0.29) is 31.3 Å². The fourth-order valence-electron chi connectivity index (χ4n) is 3.96. The summed E-state index contributed by atoms with van der Waals surface area (Å²) in [7, 11) is 2.07. The van der Waals surface area contributed by atoms with Crippen LogP contribution in [0.5, 0.6) is 5.88 Å². The zero-order chi connectivity index (χ0) is 30.8. The SMILES string of the molecule is CCCO/C(=C/CC=C/C=C/COc1cc(C(=O)O)nn1CC=O)CC.CNC1CCCCC1.OCc1ccccc1. The Hall–Kier alpha value is -3.69. The number of ether oxygens (including phenoxy) is 2. The second kappa shape index (κ2) is 24.0. The van der Waals surface area contributed by atoms with E-state index in [2.05, 4.69) is 37.4 Å². The molecule has 9 nitrogen and oxygen atoms in total. The van der Waals surface area contributed by atoms with Crippen molar-refractivity contribution in [1.29, 1.82) is 0 Å². The lowest BCUT2D eigenvalue weighted by atomic mass is 9.96. The fraction of sp³-hybridized carbons (Fsp3) is 0.485. The van der Waals surface area contributed by atoms with E-state index in [9.17, 15) is 9.59 Å². The summed E-state index contributed by atoms with van der Waals surface area (Å²) in [6.45, 7) is 5.20. The molecule has 1 aliphatic carbocycles. The number of aliphatic hydroxyl groups excluding tert-OH is 1. The molecule has 0 saturated heterocycles. The number of carboxylic acid groups (broad SMARTS) is 1. The third-order valence-electron chi connectivity index (χ3n) is 6.28. The number of carbonyl (C=O) groups excluding carboxylic acids is 1. The minimum Gasteiger partial charge on any atom is -0.498 e. The molecule has 3 rings (SSSR count). The van der Waals surface area contributed by atoms with Crippen LogP contribution in [0.3, 0.4) is 0 Å². The van der Waals surface area contributed by atoms with Crippen molar-refractivity contribution in [2.45, 2.75) is 84.4 Å². The Morgan fingerprint density at radius 2 is 1.83 bits per heavy atom. The summed E-state index contributed by atoms with van der Waals surface area (Å²) in [5, 5.41) is 24.6. The predicted octanol–water partition coefficient (Wildman–Crippen LogP) is 6.10. The summed E-state index contributed by atoms with van der Waals surface area (Å²) < 4.78 is 12.3. The molecule has 0 aliphatic heterocycles. The van der Waals surface area contributed by atoms with Crippen molar-refractivity contribution in [1.82, 2.24) is 15.1 Å². The number of hydrogen-bond donors (Lipinski definition) is 3. The lowest BCUT2D eigenvalue weighted by Gasteiger charge is -2.20. The van der Waals surface area contributed by atoms with Crippen LogP contribution >= 0.6 is 0 Å². The molecule has 42 heavy (non-hydrogen) atoms. The van der Waals surface area contributed by atoms with Gasteiger partial charge in [0.2, 0.25) is 5.88 Å². The van der Waals surface area contributed by atoms with E-state index in [0.29, 0.717) is 6.29 Å². The van der Waals surface area contributed by atoms with Gasteiger partial charge < -0.3 is 29.8 Å². The number of aldehydes is 1. The molecule has 232 valence electrons. The normalized spacial score (nSPS) is 13.7. The number of rotatable bonds is 15. The van der Waals surface area contributed by atoms with Gasteiger partial charge >= 0.3 is 5.97 Å². The zero-order valence-electron chi connectivity index (χ0n) is 25.4. The first-order valence-electron chi connectivity index (χ1n) is 14.8. The van der Waals surface area contributed by atoms with Crippen LogP contribution in [0.4, 0.5) is 0 Å². The molecule has 1 heterocycles. The topological polar surface area (TPSA) is 123 Å². The Morgan fingerprint density at radius 1 is 1.12 bits per heavy atom. The number of benzene rings is 1. The largest absolute Gasteiger partial charge is 0.498 e. The van der Waals surface area contributed by atoms with Crippen LogP contribution in [0.25, 0.3) is 0 Å². The van der Waals surface area contributed by atoms with Gasteiger partial charge in [0.15, 0.2) is 5.69 Å². The highest BCUT2D eigenvalue weighted by molar-refractivity contribution is 5.85. The third-order valence-corrected chi connectivity index (χ3v) is 6.28. The highest BCUT2D eigenvalue weighted by atomic mass is 16.5. The predicted molar refractivity (Wildman–Crippen MR) is 167 cm³/mol. The van der Waals surface area contributed by atoms with Gasteiger partial charge in [-0.05, 0) is 50.4 Å². The maximum atomic E-state index is 10.9. The van der Waals surface area contributed by atoms with E-state index < -0.39 is 5.97 Å². The Balaban J connectivity index is 0.000000440. The van der Waals surface area contributed by atoms with Gasteiger partial charge in [-0.2, -0.15) is 5.10 Å². The van der Waals surface area contributed by atoms with Crippen LogP contribution < -0.4 is 10.1 Å². The molecule has 1 aromatic carbocycles.